The Morgan fingerprint density at radius 3 is 2.47 bits per heavy atom. The Bertz CT molecular complexity index is 378. The lowest BCUT2D eigenvalue weighted by molar-refractivity contribution is 0.0900. The van der Waals surface area contributed by atoms with E-state index in [2.05, 4.69) is 11.8 Å². The summed E-state index contributed by atoms with van der Waals surface area (Å²) in [5.74, 6) is 0.998. The third-order valence-electron chi connectivity index (χ3n) is 3.48. The van der Waals surface area contributed by atoms with Crippen molar-refractivity contribution in [3.63, 3.8) is 0 Å². The zero-order valence-corrected chi connectivity index (χ0v) is 10.4. The molecule has 0 atom stereocenters. The number of ketones is 1. The summed E-state index contributed by atoms with van der Waals surface area (Å²) in [6.07, 6.45) is 2.41. The smallest absolute Gasteiger partial charge is 0.176 e. The van der Waals surface area contributed by atoms with E-state index in [4.69, 9.17) is 5.73 Å². The number of hydrogen-bond donors (Lipinski definition) is 1. The molecular formula is C14H20N2O. The Morgan fingerprint density at radius 1 is 1.29 bits per heavy atom. The number of benzene rings is 1. The monoisotopic (exact) mass is 232 g/mol. The van der Waals surface area contributed by atoms with Gasteiger partial charge < -0.3 is 5.73 Å². The second kappa shape index (κ2) is 5.32. The summed E-state index contributed by atoms with van der Waals surface area (Å²) in [5, 5.41) is 0. The molecule has 2 N–H and O–H groups in total. The van der Waals surface area contributed by atoms with Crippen molar-refractivity contribution in [1.82, 2.24) is 4.90 Å². The van der Waals surface area contributed by atoms with Gasteiger partial charge in [-0.25, -0.2) is 0 Å². The van der Waals surface area contributed by atoms with Crippen LogP contribution in [0.2, 0.25) is 0 Å². The van der Waals surface area contributed by atoms with Crippen molar-refractivity contribution in [2.24, 2.45) is 5.92 Å². The third kappa shape index (κ3) is 3.30. The van der Waals surface area contributed by atoms with Crippen molar-refractivity contribution < 1.29 is 4.79 Å². The van der Waals surface area contributed by atoms with Gasteiger partial charge in [-0.15, -0.1) is 0 Å². The van der Waals surface area contributed by atoms with Crippen LogP contribution in [0.1, 0.15) is 30.1 Å². The predicted molar refractivity (Wildman–Crippen MR) is 70.0 cm³/mol. The SMILES string of the molecule is CC1CCN(CC(=O)c2ccc(N)cc2)CC1. The van der Waals surface area contributed by atoms with Gasteiger partial charge in [-0.3, -0.25) is 9.69 Å². The minimum atomic E-state index is 0.194. The number of nitrogen functional groups attached to an aromatic ring is 1. The molecular weight excluding hydrogens is 212 g/mol. The first-order valence-electron chi connectivity index (χ1n) is 6.26. The largest absolute Gasteiger partial charge is 0.399 e. The van der Waals surface area contributed by atoms with Crippen LogP contribution in [-0.4, -0.2) is 30.3 Å². The van der Waals surface area contributed by atoms with Gasteiger partial charge in [-0.05, 0) is 56.1 Å². The number of carbonyl (C=O) groups excluding carboxylic acids is 1. The van der Waals surface area contributed by atoms with Crippen molar-refractivity contribution in [3.05, 3.63) is 29.8 Å². The summed E-state index contributed by atoms with van der Waals surface area (Å²) in [4.78, 5) is 14.3. The second-order valence-corrected chi connectivity index (χ2v) is 5.00. The zero-order chi connectivity index (χ0) is 12.3. The molecule has 3 heteroatoms. The van der Waals surface area contributed by atoms with Gasteiger partial charge in [-0.1, -0.05) is 6.92 Å². The Kier molecular flexibility index (Phi) is 3.79. The first kappa shape index (κ1) is 12.1. The highest BCUT2D eigenvalue weighted by atomic mass is 16.1. The standard InChI is InChI=1S/C14H20N2O/c1-11-6-8-16(9-7-11)10-14(17)12-2-4-13(15)5-3-12/h2-5,11H,6-10,15H2,1H3. The molecule has 2 rings (SSSR count). The lowest BCUT2D eigenvalue weighted by Gasteiger charge is -2.29. The number of piperidine rings is 1. The number of hydrogen-bond acceptors (Lipinski definition) is 3. The number of likely N-dealkylation sites (tertiary alicyclic amines) is 1. The maximum Gasteiger partial charge on any atom is 0.176 e. The molecule has 1 fully saturated rings. The summed E-state index contributed by atoms with van der Waals surface area (Å²) in [5.41, 5.74) is 7.07. The molecule has 0 radical (unpaired) electrons. The number of nitrogens with zero attached hydrogens (tertiary/aromatic N) is 1. The fourth-order valence-electron chi connectivity index (χ4n) is 2.18. The van der Waals surface area contributed by atoms with Crippen LogP contribution in [-0.2, 0) is 0 Å². The Morgan fingerprint density at radius 2 is 1.88 bits per heavy atom. The number of anilines is 1. The summed E-state index contributed by atoms with van der Waals surface area (Å²) in [7, 11) is 0. The molecule has 0 bridgehead atoms. The average molecular weight is 232 g/mol. The van der Waals surface area contributed by atoms with Crippen LogP contribution in [0.5, 0.6) is 0 Å². The lowest BCUT2D eigenvalue weighted by atomic mass is 9.99. The molecule has 17 heavy (non-hydrogen) atoms. The minimum absolute atomic E-state index is 0.194. The molecule has 0 saturated carbocycles. The minimum Gasteiger partial charge on any atom is -0.399 e. The summed E-state index contributed by atoms with van der Waals surface area (Å²) >= 11 is 0. The fourth-order valence-corrected chi connectivity index (χ4v) is 2.18. The molecule has 0 spiro atoms. The zero-order valence-electron chi connectivity index (χ0n) is 10.4. The van der Waals surface area contributed by atoms with Crippen LogP contribution in [0.4, 0.5) is 5.69 Å². The van der Waals surface area contributed by atoms with Crippen LogP contribution >= 0.6 is 0 Å². The molecule has 92 valence electrons. The van der Waals surface area contributed by atoms with Gasteiger partial charge in [0.15, 0.2) is 5.78 Å². The topological polar surface area (TPSA) is 46.3 Å². The normalized spacial score (nSPS) is 18.2. The molecule has 0 aromatic heterocycles. The Hall–Kier alpha value is -1.35. The van der Waals surface area contributed by atoms with E-state index in [0.29, 0.717) is 12.2 Å². The van der Waals surface area contributed by atoms with E-state index in [1.54, 1.807) is 12.1 Å². The Balaban J connectivity index is 1.91. The second-order valence-electron chi connectivity index (χ2n) is 5.00. The lowest BCUT2D eigenvalue weighted by Crippen LogP contribution is -2.36. The predicted octanol–water partition coefficient (Wildman–Crippen LogP) is 2.18. The van der Waals surface area contributed by atoms with Gasteiger partial charge in [-0.2, -0.15) is 0 Å². The maximum absolute atomic E-state index is 12.0. The molecule has 1 aromatic carbocycles. The molecule has 1 heterocycles. The molecule has 0 aliphatic carbocycles. The third-order valence-corrected chi connectivity index (χ3v) is 3.48. The van der Waals surface area contributed by atoms with E-state index in [9.17, 15) is 4.79 Å². The first-order valence-corrected chi connectivity index (χ1v) is 6.26. The van der Waals surface area contributed by atoms with E-state index < -0.39 is 0 Å². The van der Waals surface area contributed by atoms with E-state index in [0.717, 1.165) is 24.6 Å². The average Bonchev–Trinajstić information content (AvgIpc) is 2.33. The van der Waals surface area contributed by atoms with Crippen LogP contribution in [0.15, 0.2) is 24.3 Å². The van der Waals surface area contributed by atoms with E-state index >= 15 is 0 Å². The summed E-state index contributed by atoms with van der Waals surface area (Å²) in [6, 6.07) is 7.19. The highest BCUT2D eigenvalue weighted by molar-refractivity contribution is 5.97. The van der Waals surface area contributed by atoms with Gasteiger partial charge >= 0.3 is 0 Å². The van der Waals surface area contributed by atoms with Gasteiger partial charge in [0.1, 0.15) is 0 Å². The quantitative estimate of drug-likeness (QED) is 0.642. The van der Waals surface area contributed by atoms with E-state index in [-0.39, 0.29) is 5.78 Å². The van der Waals surface area contributed by atoms with E-state index in [1.807, 2.05) is 12.1 Å². The molecule has 1 aliphatic heterocycles. The number of carbonyl (C=O) groups is 1. The maximum atomic E-state index is 12.0. The summed E-state index contributed by atoms with van der Waals surface area (Å²) in [6.45, 7) is 4.90. The van der Waals surface area contributed by atoms with Gasteiger partial charge in [0.25, 0.3) is 0 Å². The molecule has 1 saturated heterocycles. The van der Waals surface area contributed by atoms with Crippen molar-refractivity contribution in [1.29, 1.82) is 0 Å². The van der Waals surface area contributed by atoms with Gasteiger partial charge in [0.05, 0.1) is 6.54 Å². The molecule has 1 aliphatic rings. The van der Waals surface area contributed by atoms with Crippen molar-refractivity contribution in [2.75, 3.05) is 25.4 Å². The highest BCUT2D eigenvalue weighted by Crippen LogP contribution is 2.16. The summed E-state index contributed by atoms with van der Waals surface area (Å²) < 4.78 is 0. The van der Waals surface area contributed by atoms with Gasteiger partial charge in [0.2, 0.25) is 0 Å². The van der Waals surface area contributed by atoms with Crippen LogP contribution in [0.25, 0.3) is 0 Å². The number of nitrogens with two attached hydrogens (primary N) is 1. The first-order chi connectivity index (χ1) is 8.15. The number of Topliss-reactive ketones (excluding diaryl/α,β-unsaturated/α-hetero) is 1. The molecule has 1 aromatic rings. The molecule has 3 nitrogen and oxygen atoms in total. The fraction of sp³-hybridized carbons (Fsp3) is 0.500. The van der Waals surface area contributed by atoms with Crippen molar-refractivity contribution >= 4 is 11.5 Å². The van der Waals surface area contributed by atoms with E-state index in [1.165, 1.54) is 12.8 Å². The van der Waals surface area contributed by atoms with Crippen molar-refractivity contribution in [2.45, 2.75) is 19.8 Å². The number of rotatable bonds is 3. The molecule has 0 unspecified atom stereocenters. The van der Waals surface area contributed by atoms with Crippen molar-refractivity contribution in [3.8, 4) is 0 Å². The highest BCUT2D eigenvalue weighted by Gasteiger charge is 2.18. The molecule has 0 amide bonds. The van der Waals surface area contributed by atoms with Gasteiger partial charge in [0, 0.05) is 11.3 Å². The Labute approximate surface area is 103 Å². The van der Waals surface area contributed by atoms with Crippen LogP contribution in [0, 0.1) is 5.92 Å². The van der Waals surface area contributed by atoms with Crippen LogP contribution in [0.3, 0.4) is 0 Å². The van der Waals surface area contributed by atoms with Crippen LogP contribution < -0.4 is 5.73 Å².